The summed E-state index contributed by atoms with van der Waals surface area (Å²) in [6.45, 7) is 5.86. The molecule has 1 rings (SSSR count). The molecule has 1 aromatic heterocycles. The molecule has 0 saturated carbocycles. The lowest BCUT2D eigenvalue weighted by Crippen LogP contribution is -2.42. The number of hydrogen-bond acceptors (Lipinski definition) is 5. The van der Waals surface area contributed by atoms with Crippen molar-refractivity contribution >= 4 is 11.8 Å². The summed E-state index contributed by atoms with van der Waals surface area (Å²) in [4.78, 5) is 8.45. The summed E-state index contributed by atoms with van der Waals surface area (Å²) in [7, 11) is 0. The molecule has 0 aromatic carbocycles. The van der Waals surface area contributed by atoms with Gasteiger partial charge in [-0.05, 0) is 25.8 Å². The Morgan fingerprint density at radius 1 is 1.50 bits per heavy atom. The Labute approximate surface area is 101 Å². The van der Waals surface area contributed by atoms with Gasteiger partial charge in [-0.3, -0.25) is 0 Å². The second-order valence-electron chi connectivity index (χ2n) is 4.49. The van der Waals surface area contributed by atoms with Crippen LogP contribution in [-0.2, 0) is 0 Å². The molecule has 2 atom stereocenters. The molecule has 0 bridgehead atoms. The van der Waals surface area contributed by atoms with Crippen molar-refractivity contribution < 1.29 is 5.11 Å². The lowest BCUT2D eigenvalue weighted by Gasteiger charge is -2.24. The quantitative estimate of drug-likeness (QED) is 0.601. The number of rotatable bonds is 5. The second kappa shape index (κ2) is 5.61. The van der Waals surface area contributed by atoms with Gasteiger partial charge in [-0.1, -0.05) is 18.7 Å². The first-order valence-electron chi connectivity index (χ1n) is 5.28. The third kappa shape index (κ3) is 4.47. The molecule has 1 aromatic rings. The van der Waals surface area contributed by atoms with Crippen LogP contribution in [0.2, 0.25) is 0 Å². The molecule has 90 valence electrons. The van der Waals surface area contributed by atoms with Crippen LogP contribution in [0.3, 0.4) is 0 Å². The van der Waals surface area contributed by atoms with Gasteiger partial charge in [0.25, 0.3) is 0 Å². The van der Waals surface area contributed by atoms with E-state index in [-0.39, 0.29) is 11.9 Å². The van der Waals surface area contributed by atoms with E-state index in [0.29, 0.717) is 0 Å². The molecule has 1 heterocycles. The van der Waals surface area contributed by atoms with Crippen molar-refractivity contribution in [3.8, 4) is 0 Å². The van der Waals surface area contributed by atoms with E-state index >= 15 is 0 Å². The summed E-state index contributed by atoms with van der Waals surface area (Å²) in [6.07, 6.45) is 4.33. The number of aromatic nitrogens is 2. The van der Waals surface area contributed by atoms with E-state index in [1.807, 2.05) is 13.8 Å². The van der Waals surface area contributed by atoms with Gasteiger partial charge in [-0.25, -0.2) is 9.97 Å². The largest absolute Gasteiger partial charge is 0.394 e. The van der Waals surface area contributed by atoms with E-state index in [1.165, 1.54) is 0 Å². The smallest absolute Gasteiger partial charge is 0.187 e. The third-order valence-electron chi connectivity index (χ3n) is 2.18. The van der Waals surface area contributed by atoms with E-state index in [2.05, 4.69) is 16.9 Å². The molecule has 0 aliphatic carbocycles. The molecule has 0 spiro atoms. The van der Waals surface area contributed by atoms with Crippen molar-refractivity contribution in [2.75, 3.05) is 6.61 Å². The Kier molecular flexibility index (Phi) is 4.70. The average Bonchev–Trinajstić information content (AvgIpc) is 2.21. The normalized spacial score (nSPS) is 16.8. The van der Waals surface area contributed by atoms with Crippen LogP contribution in [-0.4, -0.2) is 32.5 Å². The molecule has 0 aliphatic rings. The Balaban J connectivity index is 2.51. The SMILES string of the molecule is Cc1cnc(SC(C)CC(C)(N)CO)nc1. The topological polar surface area (TPSA) is 72.0 Å². The van der Waals surface area contributed by atoms with E-state index < -0.39 is 5.54 Å². The highest BCUT2D eigenvalue weighted by atomic mass is 32.2. The zero-order valence-electron chi connectivity index (χ0n) is 9.97. The van der Waals surface area contributed by atoms with Gasteiger partial charge < -0.3 is 10.8 Å². The number of nitrogens with two attached hydrogens (primary N) is 1. The van der Waals surface area contributed by atoms with Crippen molar-refractivity contribution in [2.45, 2.75) is 43.1 Å². The summed E-state index contributed by atoms with van der Waals surface area (Å²) < 4.78 is 0. The van der Waals surface area contributed by atoms with E-state index in [9.17, 15) is 0 Å². The number of aliphatic hydroxyl groups excluding tert-OH is 1. The van der Waals surface area contributed by atoms with Gasteiger partial charge >= 0.3 is 0 Å². The lowest BCUT2D eigenvalue weighted by molar-refractivity contribution is 0.201. The second-order valence-corrected chi connectivity index (χ2v) is 5.89. The maximum atomic E-state index is 9.08. The van der Waals surface area contributed by atoms with Crippen molar-refractivity contribution in [1.29, 1.82) is 0 Å². The van der Waals surface area contributed by atoms with Gasteiger partial charge in [0, 0.05) is 23.2 Å². The number of aryl methyl sites for hydroxylation is 1. The highest BCUT2D eigenvalue weighted by molar-refractivity contribution is 7.99. The molecular weight excluding hydrogens is 222 g/mol. The highest BCUT2D eigenvalue weighted by Crippen LogP contribution is 2.24. The fraction of sp³-hybridized carbons (Fsp3) is 0.636. The molecule has 3 N–H and O–H groups in total. The predicted molar refractivity (Wildman–Crippen MR) is 66.4 cm³/mol. The number of aliphatic hydroxyl groups is 1. The van der Waals surface area contributed by atoms with Crippen LogP contribution in [0.4, 0.5) is 0 Å². The zero-order valence-corrected chi connectivity index (χ0v) is 10.8. The van der Waals surface area contributed by atoms with Gasteiger partial charge in [0.15, 0.2) is 5.16 Å². The minimum atomic E-state index is -0.531. The molecule has 0 amide bonds. The van der Waals surface area contributed by atoms with Crippen molar-refractivity contribution in [1.82, 2.24) is 9.97 Å². The fourth-order valence-electron chi connectivity index (χ4n) is 1.38. The van der Waals surface area contributed by atoms with E-state index in [1.54, 1.807) is 24.2 Å². The van der Waals surface area contributed by atoms with Crippen LogP contribution in [0.15, 0.2) is 17.6 Å². The molecule has 0 fully saturated rings. The molecule has 0 radical (unpaired) electrons. The first-order valence-corrected chi connectivity index (χ1v) is 6.16. The Morgan fingerprint density at radius 2 is 2.06 bits per heavy atom. The molecule has 5 heteroatoms. The third-order valence-corrected chi connectivity index (χ3v) is 3.17. The monoisotopic (exact) mass is 241 g/mol. The Bertz CT molecular complexity index is 327. The summed E-state index contributed by atoms with van der Waals surface area (Å²) >= 11 is 1.58. The van der Waals surface area contributed by atoms with Crippen LogP contribution in [0.1, 0.15) is 25.8 Å². The minimum Gasteiger partial charge on any atom is -0.394 e. The average molecular weight is 241 g/mol. The number of nitrogens with zero attached hydrogens (tertiary/aromatic N) is 2. The first-order chi connectivity index (χ1) is 7.43. The summed E-state index contributed by atoms with van der Waals surface area (Å²) in [5.41, 5.74) is 6.41. The fourth-order valence-corrected chi connectivity index (χ4v) is 2.44. The molecule has 2 unspecified atom stereocenters. The minimum absolute atomic E-state index is 0.00729. The molecular formula is C11H19N3OS. The molecule has 16 heavy (non-hydrogen) atoms. The summed E-state index contributed by atoms with van der Waals surface area (Å²) in [5.74, 6) is 0. The maximum Gasteiger partial charge on any atom is 0.187 e. The van der Waals surface area contributed by atoms with E-state index in [0.717, 1.165) is 17.1 Å². The van der Waals surface area contributed by atoms with Gasteiger partial charge in [0.1, 0.15) is 0 Å². The van der Waals surface area contributed by atoms with Crippen molar-refractivity contribution in [3.05, 3.63) is 18.0 Å². The van der Waals surface area contributed by atoms with Gasteiger partial charge in [-0.2, -0.15) is 0 Å². The van der Waals surface area contributed by atoms with Crippen LogP contribution >= 0.6 is 11.8 Å². The molecule has 0 aliphatic heterocycles. The van der Waals surface area contributed by atoms with Crippen LogP contribution < -0.4 is 5.73 Å². The maximum absolute atomic E-state index is 9.08. The highest BCUT2D eigenvalue weighted by Gasteiger charge is 2.21. The van der Waals surface area contributed by atoms with Gasteiger partial charge in [0.05, 0.1) is 6.61 Å². The Hall–Kier alpha value is -0.650. The summed E-state index contributed by atoms with van der Waals surface area (Å²) in [5, 5.41) is 10.1. The first kappa shape index (κ1) is 13.4. The molecule has 4 nitrogen and oxygen atoms in total. The molecule has 0 saturated heterocycles. The number of hydrogen-bond donors (Lipinski definition) is 2. The van der Waals surface area contributed by atoms with Crippen LogP contribution in [0, 0.1) is 6.92 Å². The standard InChI is InChI=1S/C11H19N3OS/c1-8-5-13-10(14-6-8)16-9(2)4-11(3,12)7-15/h5-6,9,15H,4,7,12H2,1-3H3. The lowest BCUT2D eigenvalue weighted by atomic mass is 9.99. The zero-order chi connectivity index (χ0) is 12.2. The van der Waals surface area contributed by atoms with Crippen LogP contribution in [0.25, 0.3) is 0 Å². The van der Waals surface area contributed by atoms with Crippen molar-refractivity contribution in [2.24, 2.45) is 5.73 Å². The Morgan fingerprint density at radius 3 is 2.56 bits per heavy atom. The summed E-state index contributed by atoms with van der Waals surface area (Å²) in [6, 6.07) is 0. The number of thioether (sulfide) groups is 1. The predicted octanol–water partition coefficient (Wildman–Crippen LogP) is 1.37. The van der Waals surface area contributed by atoms with Crippen molar-refractivity contribution in [3.63, 3.8) is 0 Å². The van der Waals surface area contributed by atoms with Gasteiger partial charge in [0.2, 0.25) is 0 Å². The van der Waals surface area contributed by atoms with Crippen LogP contribution in [0.5, 0.6) is 0 Å². The van der Waals surface area contributed by atoms with E-state index in [4.69, 9.17) is 10.8 Å². The van der Waals surface area contributed by atoms with Gasteiger partial charge in [-0.15, -0.1) is 0 Å².